The summed E-state index contributed by atoms with van der Waals surface area (Å²) in [6, 6.07) is 4.75. The quantitative estimate of drug-likeness (QED) is 0.758. The second-order valence-corrected chi connectivity index (χ2v) is 4.21. The average molecular weight is 266 g/mol. The number of phenols is 1. The molecule has 0 spiro atoms. The number of benzene rings is 1. The van der Waals surface area contributed by atoms with Crippen molar-refractivity contribution in [3.63, 3.8) is 0 Å². The maximum Gasteiger partial charge on any atom is 0.326 e. The Kier molecular flexibility index (Phi) is 5.17. The van der Waals surface area contributed by atoms with E-state index in [9.17, 15) is 14.7 Å². The molecule has 1 aromatic carbocycles. The molecule has 3 N–H and O–H groups in total. The summed E-state index contributed by atoms with van der Waals surface area (Å²) in [7, 11) is 1.51. The van der Waals surface area contributed by atoms with E-state index in [-0.39, 0.29) is 5.75 Å². The molecule has 0 heterocycles. The Morgan fingerprint density at radius 2 is 2.11 bits per heavy atom. The number of nitrogens with one attached hydrogen (secondary N) is 1. The molecule has 0 aliphatic carbocycles. The van der Waals surface area contributed by atoms with E-state index in [0.29, 0.717) is 18.5 Å². The molecule has 0 radical (unpaired) electrons. The van der Waals surface area contributed by atoms with Gasteiger partial charge in [0.2, 0.25) is 0 Å². The Labute approximate surface area is 111 Å². The first kappa shape index (κ1) is 14.8. The summed E-state index contributed by atoms with van der Waals surface area (Å²) >= 11 is 0. The maximum atomic E-state index is 11.9. The van der Waals surface area contributed by atoms with Gasteiger partial charge in [-0.05, 0) is 18.6 Å². The molecule has 0 aromatic heterocycles. The number of hydrogen-bond donors (Lipinski definition) is 3. The van der Waals surface area contributed by atoms with Gasteiger partial charge in [0, 0.05) is 18.8 Å². The molecule has 0 fully saturated rings. The summed E-state index contributed by atoms with van der Waals surface area (Å²) < 4.78 is 0. The number of aromatic hydroxyl groups is 1. The van der Waals surface area contributed by atoms with Crippen molar-refractivity contribution in [2.45, 2.75) is 25.8 Å². The van der Waals surface area contributed by atoms with Crippen LogP contribution in [0.2, 0.25) is 0 Å². The maximum absolute atomic E-state index is 11.9. The van der Waals surface area contributed by atoms with Crippen LogP contribution in [0.25, 0.3) is 0 Å². The summed E-state index contributed by atoms with van der Waals surface area (Å²) in [6.07, 6.45) is 1.03. The Balaban J connectivity index is 2.74. The van der Waals surface area contributed by atoms with E-state index in [2.05, 4.69) is 5.32 Å². The highest BCUT2D eigenvalue weighted by Crippen LogP contribution is 2.18. The van der Waals surface area contributed by atoms with E-state index < -0.39 is 18.0 Å². The first-order chi connectivity index (χ1) is 8.95. The number of nitrogens with zero attached hydrogens (tertiary/aromatic N) is 1. The van der Waals surface area contributed by atoms with Gasteiger partial charge in [0.1, 0.15) is 11.8 Å². The van der Waals surface area contributed by atoms with Crippen molar-refractivity contribution in [1.82, 2.24) is 5.32 Å². The summed E-state index contributed by atoms with van der Waals surface area (Å²) in [6.45, 7) is 1.85. The number of carboxylic acids is 1. The summed E-state index contributed by atoms with van der Waals surface area (Å²) in [5.74, 6) is -1.01. The molecule has 0 saturated carbocycles. The van der Waals surface area contributed by atoms with Crippen LogP contribution in [-0.4, -0.2) is 35.3 Å². The molecule has 2 amide bonds. The zero-order chi connectivity index (χ0) is 14.4. The predicted octanol–water partition coefficient (Wildman–Crippen LogP) is 1.79. The van der Waals surface area contributed by atoms with E-state index in [1.807, 2.05) is 6.92 Å². The molecular formula is C13H18N2O4. The van der Waals surface area contributed by atoms with Gasteiger partial charge >= 0.3 is 12.0 Å². The van der Waals surface area contributed by atoms with E-state index in [4.69, 9.17) is 5.11 Å². The molecule has 0 saturated heterocycles. The van der Waals surface area contributed by atoms with E-state index in [1.54, 1.807) is 12.1 Å². The summed E-state index contributed by atoms with van der Waals surface area (Å²) in [5, 5.41) is 20.8. The van der Waals surface area contributed by atoms with Crippen LogP contribution in [0.15, 0.2) is 24.3 Å². The highest BCUT2D eigenvalue weighted by atomic mass is 16.4. The van der Waals surface area contributed by atoms with Gasteiger partial charge in [-0.2, -0.15) is 0 Å². The van der Waals surface area contributed by atoms with Crippen LogP contribution in [-0.2, 0) is 4.79 Å². The van der Waals surface area contributed by atoms with Crippen molar-refractivity contribution in [2.24, 2.45) is 0 Å². The van der Waals surface area contributed by atoms with Crippen LogP contribution in [0, 0.1) is 0 Å². The van der Waals surface area contributed by atoms with Gasteiger partial charge in [0.05, 0.1) is 0 Å². The predicted molar refractivity (Wildman–Crippen MR) is 71.4 cm³/mol. The molecule has 1 aromatic rings. The Morgan fingerprint density at radius 1 is 1.42 bits per heavy atom. The van der Waals surface area contributed by atoms with Gasteiger partial charge in [-0.3, -0.25) is 4.90 Å². The number of urea groups is 1. The number of phenolic OH excluding ortho intramolecular Hbond substituents is 1. The van der Waals surface area contributed by atoms with Crippen molar-refractivity contribution >= 4 is 17.7 Å². The van der Waals surface area contributed by atoms with Gasteiger partial charge in [-0.15, -0.1) is 0 Å². The smallest absolute Gasteiger partial charge is 0.326 e. The van der Waals surface area contributed by atoms with E-state index in [0.717, 1.165) is 0 Å². The van der Waals surface area contributed by atoms with Gasteiger partial charge in [-0.1, -0.05) is 19.4 Å². The van der Waals surface area contributed by atoms with Gasteiger partial charge in [0.15, 0.2) is 0 Å². The van der Waals surface area contributed by atoms with Crippen molar-refractivity contribution in [2.75, 3.05) is 11.9 Å². The van der Waals surface area contributed by atoms with Crippen molar-refractivity contribution < 1.29 is 19.8 Å². The number of carbonyl (C=O) groups is 2. The molecule has 6 heteroatoms. The number of hydrogen-bond acceptors (Lipinski definition) is 3. The summed E-state index contributed by atoms with van der Waals surface area (Å²) in [5.41, 5.74) is 0.484. The zero-order valence-electron chi connectivity index (χ0n) is 11.0. The minimum atomic E-state index is -1.06. The van der Waals surface area contributed by atoms with Crippen molar-refractivity contribution in [1.29, 1.82) is 0 Å². The molecular weight excluding hydrogens is 248 g/mol. The Hall–Kier alpha value is -2.24. The molecule has 6 nitrogen and oxygen atoms in total. The monoisotopic (exact) mass is 266 g/mol. The van der Waals surface area contributed by atoms with Crippen LogP contribution >= 0.6 is 0 Å². The molecule has 1 unspecified atom stereocenters. The first-order valence-electron chi connectivity index (χ1n) is 6.01. The number of carbonyl (C=O) groups excluding carboxylic acids is 1. The number of carboxylic acid groups (broad SMARTS) is 1. The van der Waals surface area contributed by atoms with Crippen molar-refractivity contribution in [3.8, 4) is 5.75 Å². The molecule has 1 atom stereocenters. The first-order valence-corrected chi connectivity index (χ1v) is 6.01. The molecule has 1 rings (SSSR count). The minimum Gasteiger partial charge on any atom is -0.508 e. The van der Waals surface area contributed by atoms with Gasteiger partial charge < -0.3 is 15.5 Å². The Bertz CT molecular complexity index is 462. The third-order valence-electron chi connectivity index (χ3n) is 2.69. The second-order valence-electron chi connectivity index (χ2n) is 4.21. The number of anilines is 1. The topological polar surface area (TPSA) is 89.9 Å². The highest BCUT2D eigenvalue weighted by Gasteiger charge is 2.21. The van der Waals surface area contributed by atoms with E-state index >= 15 is 0 Å². The van der Waals surface area contributed by atoms with Crippen LogP contribution in [0.1, 0.15) is 19.8 Å². The largest absolute Gasteiger partial charge is 0.508 e. The number of rotatable bonds is 5. The lowest BCUT2D eigenvalue weighted by Gasteiger charge is -2.21. The van der Waals surface area contributed by atoms with Gasteiger partial charge in [0.25, 0.3) is 0 Å². The van der Waals surface area contributed by atoms with Crippen LogP contribution < -0.4 is 10.2 Å². The summed E-state index contributed by atoms with van der Waals surface area (Å²) in [4.78, 5) is 24.1. The fourth-order valence-corrected chi connectivity index (χ4v) is 1.61. The van der Waals surface area contributed by atoms with Crippen LogP contribution in [0.4, 0.5) is 10.5 Å². The molecule has 0 bridgehead atoms. The number of amides is 2. The van der Waals surface area contributed by atoms with E-state index in [1.165, 1.54) is 24.1 Å². The second kappa shape index (κ2) is 6.63. The van der Waals surface area contributed by atoms with Gasteiger partial charge in [-0.25, -0.2) is 9.59 Å². The van der Waals surface area contributed by atoms with Crippen LogP contribution in [0.5, 0.6) is 5.75 Å². The molecule has 104 valence electrons. The standard InChI is InChI=1S/C13H18N2O4/c1-3-5-11(12(17)18)14-13(19)15(2)9-6-4-7-10(16)8-9/h4,6-8,11,16H,3,5H2,1-2H3,(H,14,19)(H,17,18). The fraction of sp³-hybridized carbons (Fsp3) is 0.385. The fourth-order valence-electron chi connectivity index (χ4n) is 1.61. The number of aliphatic carboxylic acids is 1. The SMILES string of the molecule is CCCC(NC(=O)N(C)c1cccc(O)c1)C(=O)O. The third kappa shape index (κ3) is 4.17. The third-order valence-corrected chi connectivity index (χ3v) is 2.69. The van der Waals surface area contributed by atoms with Crippen molar-refractivity contribution in [3.05, 3.63) is 24.3 Å². The lowest BCUT2D eigenvalue weighted by atomic mass is 10.2. The Morgan fingerprint density at radius 3 is 2.63 bits per heavy atom. The van der Waals surface area contributed by atoms with Crippen LogP contribution in [0.3, 0.4) is 0 Å². The molecule has 0 aliphatic heterocycles. The highest BCUT2D eigenvalue weighted by molar-refractivity contribution is 5.94. The minimum absolute atomic E-state index is 0.0421. The lowest BCUT2D eigenvalue weighted by molar-refractivity contribution is -0.139. The average Bonchev–Trinajstić information content (AvgIpc) is 2.37. The lowest BCUT2D eigenvalue weighted by Crippen LogP contribution is -2.46. The molecule has 0 aliphatic rings. The zero-order valence-corrected chi connectivity index (χ0v) is 11.0. The molecule has 19 heavy (non-hydrogen) atoms. The normalized spacial score (nSPS) is 11.7.